The van der Waals surface area contributed by atoms with Crippen molar-refractivity contribution in [3.8, 4) is 0 Å². The Labute approximate surface area is 94.7 Å². The molecule has 2 unspecified atom stereocenters. The molecule has 1 heterocycles. The lowest BCUT2D eigenvalue weighted by Gasteiger charge is -2.24. The molecule has 0 radical (unpaired) electrons. The van der Waals surface area contributed by atoms with E-state index in [9.17, 15) is 4.21 Å². The Balaban J connectivity index is 2.22. The van der Waals surface area contributed by atoms with Crippen molar-refractivity contribution in [1.29, 1.82) is 0 Å². The van der Waals surface area contributed by atoms with Gasteiger partial charge in [0.25, 0.3) is 0 Å². The smallest absolute Gasteiger partial charge is 0.0448 e. The van der Waals surface area contributed by atoms with Crippen LogP contribution in [-0.4, -0.2) is 22.3 Å². The Kier molecular flexibility index (Phi) is 3.36. The predicted molar refractivity (Wildman–Crippen MR) is 62.8 cm³/mol. The van der Waals surface area contributed by atoms with E-state index in [1.807, 2.05) is 18.2 Å². The maximum absolute atomic E-state index is 11.4. The van der Waals surface area contributed by atoms with Crippen molar-refractivity contribution in [3.05, 3.63) is 34.3 Å². The lowest BCUT2D eigenvalue weighted by molar-refractivity contribution is 0.570. The second-order valence-electron chi connectivity index (χ2n) is 3.34. The van der Waals surface area contributed by atoms with Gasteiger partial charge in [-0.05, 0) is 11.6 Å². The molecule has 0 saturated carbocycles. The fourth-order valence-corrected chi connectivity index (χ4v) is 3.38. The number of hydrogen-bond acceptors (Lipinski definition) is 2. The molecule has 0 aliphatic carbocycles. The van der Waals surface area contributed by atoms with E-state index in [0.717, 1.165) is 22.5 Å². The van der Waals surface area contributed by atoms with E-state index in [-0.39, 0.29) is 6.04 Å². The minimum Gasteiger partial charge on any atom is -0.308 e. The molecule has 0 amide bonds. The zero-order valence-corrected chi connectivity index (χ0v) is 10.1. The number of hydrogen-bond donors (Lipinski definition) is 1. The third kappa shape index (κ3) is 2.24. The fourth-order valence-electron chi connectivity index (χ4n) is 1.63. The average Bonchev–Trinajstić information content (AvgIpc) is 2.18. The molecule has 1 aliphatic rings. The van der Waals surface area contributed by atoms with Gasteiger partial charge in [-0.15, -0.1) is 0 Å². The summed E-state index contributed by atoms with van der Waals surface area (Å²) in [7, 11) is -0.662. The van der Waals surface area contributed by atoms with Gasteiger partial charge < -0.3 is 5.32 Å². The van der Waals surface area contributed by atoms with E-state index >= 15 is 0 Å². The molecule has 4 heteroatoms. The SMILES string of the molecule is O=S1CCNC(c2ccccc2Br)C1. The van der Waals surface area contributed by atoms with Gasteiger partial charge in [-0.3, -0.25) is 4.21 Å². The summed E-state index contributed by atoms with van der Waals surface area (Å²) in [4.78, 5) is 0. The molecular weight excluding hydrogens is 262 g/mol. The van der Waals surface area contributed by atoms with Crippen molar-refractivity contribution >= 4 is 26.7 Å². The molecular formula is C10H12BrNOS. The van der Waals surface area contributed by atoms with Gasteiger partial charge in [0.1, 0.15) is 0 Å². The molecule has 1 aliphatic heterocycles. The number of rotatable bonds is 1. The van der Waals surface area contributed by atoms with Gasteiger partial charge in [-0.2, -0.15) is 0 Å². The van der Waals surface area contributed by atoms with E-state index in [2.05, 4.69) is 27.3 Å². The molecule has 14 heavy (non-hydrogen) atoms. The van der Waals surface area contributed by atoms with Crippen LogP contribution in [0, 0.1) is 0 Å². The van der Waals surface area contributed by atoms with Crippen LogP contribution in [-0.2, 0) is 10.8 Å². The largest absolute Gasteiger partial charge is 0.308 e. The molecule has 1 aromatic carbocycles. The van der Waals surface area contributed by atoms with Gasteiger partial charge in [0.15, 0.2) is 0 Å². The van der Waals surface area contributed by atoms with Gasteiger partial charge in [0.2, 0.25) is 0 Å². The molecule has 0 aromatic heterocycles. The van der Waals surface area contributed by atoms with Crippen LogP contribution in [0.15, 0.2) is 28.7 Å². The molecule has 0 bridgehead atoms. The van der Waals surface area contributed by atoms with E-state index in [1.165, 1.54) is 5.56 Å². The Morgan fingerprint density at radius 2 is 2.21 bits per heavy atom. The van der Waals surface area contributed by atoms with E-state index < -0.39 is 10.8 Å². The minimum absolute atomic E-state index is 0.236. The Morgan fingerprint density at radius 1 is 1.43 bits per heavy atom. The Hall–Kier alpha value is -0.190. The molecule has 2 rings (SSSR count). The van der Waals surface area contributed by atoms with E-state index in [0.29, 0.717) is 0 Å². The van der Waals surface area contributed by atoms with Crippen molar-refractivity contribution < 1.29 is 4.21 Å². The maximum atomic E-state index is 11.4. The van der Waals surface area contributed by atoms with Crippen LogP contribution in [0.3, 0.4) is 0 Å². The van der Waals surface area contributed by atoms with E-state index in [1.54, 1.807) is 0 Å². The standard InChI is InChI=1S/C10H12BrNOS/c11-9-4-2-1-3-8(9)10-7-14(13)6-5-12-10/h1-4,10,12H,5-7H2. The average molecular weight is 274 g/mol. The highest BCUT2D eigenvalue weighted by molar-refractivity contribution is 9.10. The predicted octanol–water partition coefficient (Wildman–Crippen LogP) is 1.84. The second kappa shape index (κ2) is 4.55. The number of nitrogens with one attached hydrogen (secondary N) is 1. The summed E-state index contributed by atoms with van der Waals surface area (Å²) in [5, 5.41) is 3.38. The van der Waals surface area contributed by atoms with Gasteiger partial charge in [0.05, 0.1) is 0 Å². The molecule has 2 nitrogen and oxygen atoms in total. The zero-order chi connectivity index (χ0) is 9.97. The van der Waals surface area contributed by atoms with Crippen molar-refractivity contribution in [2.75, 3.05) is 18.1 Å². The van der Waals surface area contributed by atoms with Gasteiger partial charge >= 0.3 is 0 Å². The summed E-state index contributed by atoms with van der Waals surface area (Å²) in [5.41, 5.74) is 1.21. The third-order valence-electron chi connectivity index (χ3n) is 2.35. The summed E-state index contributed by atoms with van der Waals surface area (Å²) in [6.45, 7) is 0.846. The van der Waals surface area contributed by atoms with Crippen molar-refractivity contribution in [2.45, 2.75) is 6.04 Å². The van der Waals surface area contributed by atoms with Crippen molar-refractivity contribution in [3.63, 3.8) is 0 Å². The summed E-state index contributed by atoms with van der Waals surface area (Å²) in [5.74, 6) is 1.50. The number of halogens is 1. The molecule has 1 fully saturated rings. The molecule has 76 valence electrons. The van der Waals surface area contributed by atoms with Crippen LogP contribution >= 0.6 is 15.9 Å². The van der Waals surface area contributed by atoms with Crippen LogP contribution in [0.1, 0.15) is 11.6 Å². The molecule has 1 aromatic rings. The van der Waals surface area contributed by atoms with Crippen LogP contribution in [0.2, 0.25) is 0 Å². The van der Waals surface area contributed by atoms with Gasteiger partial charge in [-0.25, -0.2) is 0 Å². The Bertz CT molecular complexity index is 356. The van der Waals surface area contributed by atoms with Crippen LogP contribution < -0.4 is 5.32 Å². The van der Waals surface area contributed by atoms with Crippen molar-refractivity contribution in [2.24, 2.45) is 0 Å². The quantitative estimate of drug-likeness (QED) is 0.846. The van der Waals surface area contributed by atoms with Crippen LogP contribution in [0.4, 0.5) is 0 Å². The molecule has 2 atom stereocenters. The van der Waals surface area contributed by atoms with Crippen molar-refractivity contribution in [1.82, 2.24) is 5.32 Å². The first-order valence-corrected chi connectivity index (χ1v) is 6.88. The normalized spacial score (nSPS) is 27.5. The summed E-state index contributed by atoms with van der Waals surface area (Å²) < 4.78 is 12.5. The molecule has 1 N–H and O–H groups in total. The highest BCUT2D eigenvalue weighted by atomic mass is 79.9. The highest BCUT2D eigenvalue weighted by Crippen LogP contribution is 2.24. The highest BCUT2D eigenvalue weighted by Gasteiger charge is 2.20. The zero-order valence-electron chi connectivity index (χ0n) is 7.70. The third-order valence-corrected chi connectivity index (χ3v) is 4.44. The van der Waals surface area contributed by atoms with Crippen LogP contribution in [0.5, 0.6) is 0 Å². The maximum Gasteiger partial charge on any atom is 0.0448 e. The lowest BCUT2D eigenvalue weighted by Crippen LogP contribution is -2.36. The summed E-state index contributed by atoms with van der Waals surface area (Å²) >= 11 is 3.51. The number of benzene rings is 1. The first-order chi connectivity index (χ1) is 6.77. The fraction of sp³-hybridized carbons (Fsp3) is 0.400. The lowest BCUT2D eigenvalue weighted by atomic mass is 10.1. The molecule has 0 spiro atoms. The topological polar surface area (TPSA) is 29.1 Å². The summed E-state index contributed by atoms with van der Waals surface area (Å²) in [6, 6.07) is 8.34. The first kappa shape index (κ1) is 10.3. The van der Waals surface area contributed by atoms with Gasteiger partial charge in [0, 0.05) is 39.4 Å². The second-order valence-corrected chi connectivity index (χ2v) is 5.81. The van der Waals surface area contributed by atoms with E-state index in [4.69, 9.17) is 0 Å². The van der Waals surface area contributed by atoms with Gasteiger partial charge in [-0.1, -0.05) is 34.1 Å². The first-order valence-electron chi connectivity index (χ1n) is 4.60. The monoisotopic (exact) mass is 273 g/mol. The molecule has 1 saturated heterocycles. The Morgan fingerprint density at radius 3 is 2.93 bits per heavy atom. The van der Waals surface area contributed by atoms with Crippen LogP contribution in [0.25, 0.3) is 0 Å². The minimum atomic E-state index is -0.662. The summed E-state index contributed by atoms with van der Waals surface area (Å²) in [6.07, 6.45) is 0.